The van der Waals surface area contributed by atoms with E-state index in [0.717, 1.165) is 28.1 Å². The summed E-state index contributed by atoms with van der Waals surface area (Å²) < 4.78 is 17.3. The van der Waals surface area contributed by atoms with Crippen molar-refractivity contribution < 1.29 is 18.7 Å². The van der Waals surface area contributed by atoms with E-state index in [0.29, 0.717) is 23.7 Å². The minimum absolute atomic E-state index is 0.0916. The van der Waals surface area contributed by atoms with Gasteiger partial charge in [0.05, 0.1) is 18.9 Å². The van der Waals surface area contributed by atoms with E-state index in [2.05, 4.69) is 17.5 Å². The number of furan rings is 1. The Morgan fingerprint density at radius 3 is 2.72 bits per heavy atom. The van der Waals surface area contributed by atoms with Crippen LogP contribution in [0.5, 0.6) is 11.5 Å². The van der Waals surface area contributed by atoms with Gasteiger partial charge in [-0.15, -0.1) is 0 Å². The molecule has 4 rings (SSSR count). The Kier molecular flexibility index (Phi) is 6.40. The molecule has 0 saturated heterocycles. The van der Waals surface area contributed by atoms with Crippen molar-refractivity contribution in [3.05, 3.63) is 72.0 Å². The maximum atomic E-state index is 12.6. The van der Waals surface area contributed by atoms with E-state index in [9.17, 15) is 4.79 Å². The van der Waals surface area contributed by atoms with Crippen molar-refractivity contribution in [3.8, 4) is 11.5 Å². The number of carbonyl (C=O) groups is 1. The summed E-state index contributed by atoms with van der Waals surface area (Å²) in [4.78, 5) is 12.6. The van der Waals surface area contributed by atoms with Gasteiger partial charge in [-0.05, 0) is 66.9 Å². The van der Waals surface area contributed by atoms with Gasteiger partial charge in [0.2, 0.25) is 0 Å². The number of nitrogens with one attached hydrogen (secondary N) is 1. The van der Waals surface area contributed by atoms with Gasteiger partial charge in [0.1, 0.15) is 5.58 Å². The van der Waals surface area contributed by atoms with Crippen molar-refractivity contribution in [1.29, 1.82) is 0 Å². The molecule has 0 unspecified atom stereocenters. The SMILES string of the molecule is CCOc1cc(C=NNC(=O)c2cc3c(ccc4ccccc43)o2)ccc1O[C@H](C)CC. The van der Waals surface area contributed by atoms with Crippen LogP contribution in [0.25, 0.3) is 21.7 Å². The zero-order valence-electron chi connectivity index (χ0n) is 18.4. The Morgan fingerprint density at radius 2 is 1.91 bits per heavy atom. The molecule has 1 heterocycles. The minimum Gasteiger partial charge on any atom is -0.490 e. The topological polar surface area (TPSA) is 73.1 Å². The molecule has 0 aliphatic heterocycles. The third-order valence-corrected chi connectivity index (χ3v) is 5.20. The Hall–Kier alpha value is -3.80. The van der Waals surface area contributed by atoms with Crippen LogP contribution in [0.4, 0.5) is 0 Å². The van der Waals surface area contributed by atoms with E-state index >= 15 is 0 Å². The van der Waals surface area contributed by atoms with E-state index in [-0.39, 0.29) is 11.9 Å². The van der Waals surface area contributed by atoms with E-state index in [1.807, 2.05) is 68.4 Å². The first kappa shape index (κ1) is 21.4. The highest BCUT2D eigenvalue weighted by Crippen LogP contribution is 2.30. The molecule has 0 aliphatic carbocycles. The van der Waals surface area contributed by atoms with Crippen molar-refractivity contribution in [2.45, 2.75) is 33.3 Å². The van der Waals surface area contributed by atoms with E-state index in [4.69, 9.17) is 13.9 Å². The number of nitrogens with zero attached hydrogens (tertiary/aromatic N) is 1. The summed E-state index contributed by atoms with van der Waals surface area (Å²) in [5.41, 5.74) is 3.97. The average Bonchev–Trinajstić information content (AvgIpc) is 3.26. The van der Waals surface area contributed by atoms with Gasteiger partial charge >= 0.3 is 5.91 Å². The van der Waals surface area contributed by atoms with Crippen LogP contribution in [-0.4, -0.2) is 24.8 Å². The maximum absolute atomic E-state index is 12.6. The van der Waals surface area contributed by atoms with E-state index in [1.54, 1.807) is 12.3 Å². The number of fused-ring (bicyclic) bond motifs is 3. The quantitative estimate of drug-likeness (QED) is 0.278. The van der Waals surface area contributed by atoms with Gasteiger partial charge in [-0.2, -0.15) is 5.10 Å². The van der Waals surface area contributed by atoms with Crippen LogP contribution >= 0.6 is 0 Å². The number of ether oxygens (including phenoxy) is 2. The minimum atomic E-state index is -0.414. The molecule has 0 bridgehead atoms. The zero-order valence-corrected chi connectivity index (χ0v) is 18.4. The lowest BCUT2D eigenvalue weighted by molar-refractivity contribution is 0.0929. The largest absolute Gasteiger partial charge is 0.490 e. The highest BCUT2D eigenvalue weighted by molar-refractivity contribution is 6.08. The number of hydrogen-bond donors (Lipinski definition) is 1. The van der Waals surface area contributed by atoms with E-state index in [1.165, 1.54) is 0 Å². The molecule has 1 atom stereocenters. The number of benzene rings is 3. The van der Waals surface area contributed by atoms with Crippen molar-refractivity contribution in [1.82, 2.24) is 5.43 Å². The molecule has 32 heavy (non-hydrogen) atoms. The summed E-state index contributed by atoms with van der Waals surface area (Å²) in [7, 11) is 0. The third-order valence-electron chi connectivity index (χ3n) is 5.20. The van der Waals surface area contributed by atoms with Gasteiger partial charge in [0.15, 0.2) is 17.3 Å². The average molecular weight is 431 g/mol. The first-order valence-electron chi connectivity index (χ1n) is 10.8. The van der Waals surface area contributed by atoms with Gasteiger partial charge in [-0.25, -0.2) is 5.43 Å². The maximum Gasteiger partial charge on any atom is 0.307 e. The molecule has 6 nitrogen and oxygen atoms in total. The predicted molar refractivity (Wildman–Crippen MR) is 127 cm³/mol. The molecule has 0 saturated carbocycles. The van der Waals surface area contributed by atoms with Crippen LogP contribution in [0, 0.1) is 0 Å². The smallest absolute Gasteiger partial charge is 0.307 e. The second kappa shape index (κ2) is 9.56. The number of carbonyl (C=O) groups excluding carboxylic acids is 1. The van der Waals surface area contributed by atoms with Crippen LogP contribution in [0.2, 0.25) is 0 Å². The molecule has 0 spiro atoms. The monoisotopic (exact) mass is 430 g/mol. The predicted octanol–water partition coefficient (Wildman–Crippen LogP) is 5.93. The first-order chi connectivity index (χ1) is 15.6. The summed E-state index contributed by atoms with van der Waals surface area (Å²) >= 11 is 0. The van der Waals surface area contributed by atoms with Crippen LogP contribution in [0.1, 0.15) is 43.3 Å². The zero-order chi connectivity index (χ0) is 22.5. The van der Waals surface area contributed by atoms with Crippen molar-refractivity contribution in [2.75, 3.05) is 6.61 Å². The summed E-state index contributed by atoms with van der Waals surface area (Å²) in [5, 5.41) is 7.11. The number of rotatable bonds is 8. The van der Waals surface area contributed by atoms with Crippen molar-refractivity contribution in [3.63, 3.8) is 0 Å². The summed E-state index contributed by atoms with van der Waals surface area (Å²) in [6.07, 6.45) is 2.55. The number of amides is 1. The molecule has 0 aliphatic rings. The first-order valence-corrected chi connectivity index (χ1v) is 10.8. The fourth-order valence-corrected chi connectivity index (χ4v) is 3.40. The molecule has 164 valence electrons. The lowest BCUT2D eigenvalue weighted by Gasteiger charge is -2.16. The molecule has 0 fully saturated rings. The molecule has 1 aromatic heterocycles. The second-order valence-corrected chi connectivity index (χ2v) is 7.48. The van der Waals surface area contributed by atoms with Crippen LogP contribution in [0.3, 0.4) is 0 Å². The lowest BCUT2D eigenvalue weighted by atomic mass is 10.1. The van der Waals surface area contributed by atoms with Gasteiger partial charge < -0.3 is 13.9 Å². The Bertz CT molecular complexity index is 1280. The van der Waals surface area contributed by atoms with Gasteiger partial charge in [0.25, 0.3) is 0 Å². The van der Waals surface area contributed by atoms with Crippen molar-refractivity contribution in [2.24, 2.45) is 5.10 Å². The molecule has 6 heteroatoms. The summed E-state index contributed by atoms with van der Waals surface area (Å²) in [6.45, 7) is 6.53. The van der Waals surface area contributed by atoms with Crippen LogP contribution in [0.15, 0.2) is 70.2 Å². The molecule has 1 amide bonds. The molecule has 4 aromatic rings. The molecular weight excluding hydrogens is 404 g/mol. The fourth-order valence-electron chi connectivity index (χ4n) is 3.40. The molecular formula is C26H26N2O4. The number of hydrazone groups is 1. The molecule has 0 radical (unpaired) electrons. The Balaban J connectivity index is 1.49. The third kappa shape index (κ3) is 4.59. The van der Waals surface area contributed by atoms with Crippen LogP contribution < -0.4 is 14.9 Å². The van der Waals surface area contributed by atoms with Gasteiger partial charge in [-0.1, -0.05) is 37.3 Å². The van der Waals surface area contributed by atoms with Crippen LogP contribution in [-0.2, 0) is 0 Å². The fraction of sp³-hybridized carbons (Fsp3) is 0.231. The molecule has 3 aromatic carbocycles. The lowest BCUT2D eigenvalue weighted by Crippen LogP contribution is -2.16. The Labute approximate surface area is 186 Å². The van der Waals surface area contributed by atoms with Gasteiger partial charge in [-0.3, -0.25) is 4.79 Å². The Morgan fingerprint density at radius 1 is 1.06 bits per heavy atom. The van der Waals surface area contributed by atoms with E-state index < -0.39 is 5.91 Å². The summed E-state index contributed by atoms with van der Waals surface area (Å²) in [5.74, 6) is 1.13. The van der Waals surface area contributed by atoms with Gasteiger partial charge in [0, 0.05) is 5.39 Å². The molecule has 1 N–H and O–H groups in total. The second-order valence-electron chi connectivity index (χ2n) is 7.48. The summed E-state index contributed by atoms with van der Waals surface area (Å²) in [6, 6.07) is 19.1. The highest BCUT2D eigenvalue weighted by atomic mass is 16.5. The highest BCUT2D eigenvalue weighted by Gasteiger charge is 2.14. The van der Waals surface area contributed by atoms with Crippen molar-refractivity contribution >= 4 is 33.9 Å². The number of hydrogen-bond acceptors (Lipinski definition) is 5. The normalized spacial score (nSPS) is 12.3. The standard InChI is InChI=1S/C26H26N2O4/c1-4-17(3)31-23-12-10-18(14-24(23)30-5-2)16-27-28-26(29)25-15-21-20-9-7-6-8-19(20)11-13-22(21)32-25/h6-17H,4-5H2,1-3H3,(H,28,29)/t17-/m1/s1.